The van der Waals surface area contributed by atoms with Crippen LogP contribution in [0.1, 0.15) is 19.3 Å². The highest BCUT2D eigenvalue weighted by Gasteiger charge is 2.52. The molecule has 1 saturated carbocycles. The van der Waals surface area contributed by atoms with Gasteiger partial charge in [-0.15, -0.1) is 0 Å². The van der Waals surface area contributed by atoms with Crippen LogP contribution < -0.4 is 5.73 Å². The van der Waals surface area contributed by atoms with Crippen LogP contribution in [0.4, 0.5) is 0 Å². The highest BCUT2D eigenvalue weighted by atomic mass is 15.2. The summed E-state index contributed by atoms with van der Waals surface area (Å²) in [6.07, 6.45) is 4.46. The number of hydrogen-bond donors (Lipinski definition) is 1. The Kier molecular flexibility index (Phi) is 0.945. The van der Waals surface area contributed by atoms with Crippen LogP contribution in [0.5, 0.6) is 0 Å². The first-order valence-corrected chi connectivity index (χ1v) is 3.70. The second-order valence-electron chi connectivity index (χ2n) is 3.54. The van der Waals surface area contributed by atoms with Crippen LogP contribution in [0.3, 0.4) is 0 Å². The Morgan fingerprint density at radius 2 is 2.11 bits per heavy atom. The second kappa shape index (κ2) is 1.50. The molecule has 2 aliphatic rings. The number of nitrogens with two attached hydrogens (primary N) is 1. The molecule has 0 radical (unpaired) electrons. The van der Waals surface area contributed by atoms with Crippen LogP contribution in [-0.4, -0.2) is 24.7 Å². The van der Waals surface area contributed by atoms with E-state index >= 15 is 0 Å². The van der Waals surface area contributed by atoms with E-state index < -0.39 is 0 Å². The fraction of sp³-hybridized carbons (Fsp3) is 1.00. The zero-order chi connectivity index (χ0) is 6.48. The molecule has 1 aliphatic carbocycles. The third-order valence-electron chi connectivity index (χ3n) is 2.96. The van der Waals surface area contributed by atoms with Gasteiger partial charge >= 0.3 is 0 Å². The van der Waals surface area contributed by atoms with Crippen molar-refractivity contribution < 1.29 is 0 Å². The molecule has 52 valence electrons. The highest BCUT2D eigenvalue weighted by molar-refractivity contribution is 5.04. The van der Waals surface area contributed by atoms with Crippen molar-refractivity contribution in [2.75, 3.05) is 13.6 Å². The van der Waals surface area contributed by atoms with Crippen molar-refractivity contribution in [3.63, 3.8) is 0 Å². The van der Waals surface area contributed by atoms with E-state index in [1.807, 2.05) is 0 Å². The molecule has 1 unspecified atom stereocenters. The van der Waals surface area contributed by atoms with Gasteiger partial charge in [0.05, 0.1) is 6.17 Å². The Balaban J connectivity index is 2.13. The lowest BCUT2D eigenvalue weighted by Gasteiger charge is -2.18. The largest absolute Gasteiger partial charge is 0.315 e. The monoisotopic (exact) mass is 126 g/mol. The van der Waals surface area contributed by atoms with Gasteiger partial charge in [0.2, 0.25) is 0 Å². The molecule has 0 aromatic heterocycles. The Labute approximate surface area is 56.0 Å². The Morgan fingerprint density at radius 1 is 1.44 bits per heavy atom. The topological polar surface area (TPSA) is 29.3 Å². The maximum atomic E-state index is 5.94. The van der Waals surface area contributed by atoms with Crippen LogP contribution in [0.15, 0.2) is 0 Å². The molecule has 9 heavy (non-hydrogen) atoms. The predicted molar refractivity (Wildman–Crippen MR) is 36.9 cm³/mol. The molecule has 0 amide bonds. The van der Waals surface area contributed by atoms with E-state index in [0.717, 1.165) is 0 Å². The Bertz CT molecular complexity index is 129. The first kappa shape index (κ1) is 5.69. The molecule has 2 rings (SSSR count). The lowest BCUT2D eigenvalue weighted by Crippen LogP contribution is -2.38. The van der Waals surface area contributed by atoms with Crippen molar-refractivity contribution in [1.29, 1.82) is 0 Å². The quantitative estimate of drug-likeness (QED) is 0.508. The summed E-state index contributed by atoms with van der Waals surface area (Å²) in [5.74, 6) is 0. The Hall–Kier alpha value is -0.0800. The van der Waals surface area contributed by atoms with Crippen LogP contribution in [-0.2, 0) is 0 Å². The van der Waals surface area contributed by atoms with Crippen molar-refractivity contribution in [1.82, 2.24) is 4.90 Å². The van der Waals surface area contributed by atoms with E-state index in [0.29, 0.717) is 11.6 Å². The normalized spacial score (nSPS) is 40.0. The summed E-state index contributed by atoms with van der Waals surface area (Å²) in [4.78, 5) is 2.27. The summed E-state index contributed by atoms with van der Waals surface area (Å²) in [5, 5.41) is 0. The third kappa shape index (κ3) is 0.634. The summed E-state index contributed by atoms with van der Waals surface area (Å²) in [6, 6.07) is 0. The third-order valence-corrected chi connectivity index (χ3v) is 2.96. The average molecular weight is 126 g/mol. The molecule has 0 aromatic rings. The molecule has 2 nitrogen and oxygen atoms in total. The Morgan fingerprint density at radius 3 is 2.33 bits per heavy atom. The molecule has 2 fully saturated rings. The summed E-state index contributed by atoms with van der Waals surface area (Å²) in [5.41, 5.74) is 6.52. The number of nitrogens with zero attached hydrogens (tertiary/aromatic N) is 1. The maximum absolute atomic E-state index is 5.94. The summed E-state index contributed by atoms with van der Waals surface area (Å²) in [7, 11) is 2.12. The fourth-order valence-corrected chi connectivity index (χ4v) is 1.86. The van der Waals surface area contributed by atoms with Gasteiger partial charge in [-0.25, -0.2) is 0 Å². The minimum atomic E-state index is 0.373. The van der Waals surface area contributed by atoms with E-state index in [1.54, 1.807) is 0 Å². The minimum absolute atomic E-state index is 0.373. The molecular weight excluding hydrogens is 112 g/mol. The van der Waals surface area contributed by atoms with E-state index in [9.17, 15) is 0 Å². The second-order valence-corrected chi connectivity index (χ2v) is 3.54. The van der Waals surface area contributed by atoms with Gasteiger partial charge in [0.25, 0.3) is 0 Å². The van der Waals surface area contributed by atoms with Gasteiger partial charge in [0.1, 0.15) is 0 Å². The molecule has 2 N–H and O–H groups in total. The molecule has 1 spiro atoms. The van der Waals surface area contributed by atoms with Crippen molar-refractivity contribution in [2.45, 2.75) is 25.4 Å². The molecule has 1 atom stereocenters. The van der Waals surface area contributed by atoms with E-state index in [2.05, 4.69) is 11.9 Å². The summed E-state index contributed by atoms with van der Waals surface area (Å²) >= 11 is 0. The van der Waals surface area contributed by atoms with Crippen molar-refractivity contribution in [3.05, 3.63) is 0 Å². The van der Waals surface area contributed by atoms with Gasteiger partial charge in [0, 0.05) is 5.41 Å². The zero-order valence-corrected chi connectivity index (χ0v) is 5.93. The molecule has 0 aromatic carbocycles. The lowest BCUT2D eigenvalue weighted by molar-refractivity contribution is 0.268. The van der Waals surface area contributed by atoms with E-state index in [4.69, 9.17) is 5.73 Å². The SMILES string of the molecule is CN1CCC2(CC2)C1N. The first-order chi connectivity index (χ1) is 4.25. The van der Waals surface area contributed by atoms with Crippen molar-refractivity contribution >= 4 is 0 Å². The smallest absolute Gasteiger partial charge is 0.0627 e. The zero-order valence-electron chi connectivity index (χ0n) is 5.93. The number of likely N-dealkylation sites (tertiary alicyclic amines) is 1. The molecular formula is C7H14N2. The minimum Gasteiger partial charge on any atom is -0.315 e. The van der Waals surface area contributed by atoms with E-state index in [-0.39, 0.29) is 0 Å². The predicted octanol–water partition coefficient (Wildman–Crippen LogP) is 0.387. The summed E-state index contributed by atoms with van der Waals surface area (Å²) < 4.78 is 0. The van der Waals surface area contributed by atoms with Crippen molar-refractivity contribution in [2.24, 2.45) is 11.1 Å². The summed E-state index contributed by atoms with van der Waals surface area (Å²) in [6.45, 7) is 1.21. The van der Waals surface area contributed by atoms with Gasteiger partial charge in [-0.3, -0.25) is 4.90 Å². The first-order valence-electron chi connectivity index (χ1n) is 3.70. The van der Waals surface area contributed by atoms with Gasteiger partial charge in [0.15, 0.2) is 0 Å². The standard InChI is InChI=1S/C7H14N2/c1-9-5-4-7(2-3-7)6(9)8/h6H,2-5,8H2,1H3. The molecule has 1 aliphatic heterocycles. The van der Waals surface area contributed by atoms with Gasteiger partial charge < -0.3 is 5.73 Å². The van der Waals surface area contributed by atoms with Crippen molar-refractivity contribution in [3.8, 4) is 0 Å². The van der Waals surface area contributed by atoms with Crippen LogP contribution in [0, 0.1) is 5.41 Å². The molecule has 2 heteroatoms. The molecule has 1 heterocycles. The van der Waals surface area contributed by atoms with Gasteiger partial charge in [-0.2, -0.15) is 0 Å². The average Bonchev–Trinajstić information content (AvgIpc) is 2.57. The number of rotatable bonds is 0. The van der Waals surface area contributed by atoms with Crippen LogP contribution >= 0.6 is 0 Å². The lowest BCUT2D eigenvalue weighted by atomic mass is 10.0. The highest BCUT2D eigenvalue weighted by Crippen LogP contribution is 2.54. The van der Waals surface area contributed by atoms with Crippen LogP contribution in [0.2, 0.25) is 0 Å². The number of hydrogen-bond acceptors (Lipinski definition) is 2. The van der Waals surface area contributed by atoms with Crippen LogP contribution in [0.25, 0.3) is 0 Å². The molecule has 0 bridgehead atoms. The molecule has 1 saturated heterocycles. The maximum Gasteiger partial charge on any atom is 0.0627 e. The van der Waals surface area contributed by atoms with Gasteiger partial charge in [-0.1, -0.05) is 0 Å². The fourth-order valence-electron chi connectivity index (χ4n) is 1.86. The van der Waals surface area contributed by atoms with Gasteiger partial charge in [-0.05, 0) is 32.9 Å². The van der Waals surface area contributed by atoms with E-state index in [1.165, 1.54) is 25.8 Å².